The van der Waals surface area contributed by atoms with Crippen LogP contribution in [0.25, 0.3) is 0 Å². The first kappa shape index (κ1) is 22.9. The van der Waals surface area contributed by atoms with Crippen molar-refractivity contribution in [3.63, 3.8) is 0 Å². The maximum Gasteiger partial charge on any atom is 0.267 e. The normalized spacial score (nSPS) is 14.8. The van der Waals surface area contributed by atoms with E-state index in [1.54, 1.807) is 6.92 Å². The second-order valence-electron chi connectivity index (χ2n) is 6.88. The third-order valence-electron chi connectivity index (χ3n) is 4.55. The van der Waals surface area contributed by atoms with Crippen LogP contribution in [0.1, 0.15) is 104 Å². The minimum Gasteiger partial charge on any atom is -0.393 e. The van der Waals surface area contributed by atoms with Crippen LogP contribution in [0.3, 0.4) is 0 Å². The van der Waals surface area contributed by atoms with Crippen molar-refractivity contribution in [1.29, 1.82) is 0 Å². The Balaban J connectivity index is 3.35. The van der Waals surface area contributed by atoms with Crippen LogP contribution in [0.2, 0.25) is 0 Å². The molecule has 0 aliphatic heterocycles. The maximum atomic E-state index is 10.9. The van der Waals surface area contributed by atoms with E-state index in [9.17, 15) is 13.5 Å². The van der Waals surface area contributed by atoms with Crippen LogP contribution in [0.15, 0.2) is 0 Å². The summed E-state index contributed by atoms with van der Waals surface area (Å²) in [5.74, 6) is 0. The predicted octanol–water partition coefficient (Wildman–Crippen LogP) is 5.10. The van der Waals surface area contributed by atoms with E-state index < -0.39 is 15.4 Å². The molecular weight excluding hydrogens is 312 g/mol. The zero-order valence-electron chi connectivity index (χ0n) is 15.2. The van der Waals surface area contributed by atoms with Gasteiger partial charge in [0.15, 0.2) is 0 Å². The van der Waals surface area contributed by atoms with E-state index in [2.05, 4.69) is 6.92 Å². The van der Waals surface area contributed by atoms with Crippen LogP contribution >= 0.6 is 0 Å². The second kappa shape index (κ2) is 14.2. The third-order valence-corrected chi connectivity index (χ3v) is 5.80. The molecule has 0 saturated carbocycles. The highest BCUT2D eigenvalue weighted by Gasteiger charge is 2.16. The number of aliphatic hydroxyl groups excluding tert-OH is 1. The number of unbranched alkanes of at least 4 members (excludes halogenated alkanes) is 9. The van der Waals surface area contributed by atoms with Crippen molar-refractivity contribution in [1.82, 2.24) is 0 Å². The smallest absolute Gasteiger partial charge is 0.267 e. The van der Waals surface area contributed by atoms with Gasteiger partial charge in [-0.15, -0.1) is 0 Å². The van der Waals surface area contributed by atoms with Gasteiger partial charge in [0, 0.05) is 0 Å². The molecule has 2 unspecified atom stereocenters. The molecule has 23 heavy (non-hydrogen) atoms. The fourth-order valence-corrected chi connectivity index (χ4v) is 3.26. The summed E-state index contributed by atoms with van der Waals surface area (Å²) in [5, 5.41) is 9.27. The third kappa shape index (κ3) is 15.2. The van der Waals surface area contributed by atoms with E-state index in [1.165, 1.54) is 38.5 Å². The van der Waals surface area contributed by atoms with Gasteiger partial charge in [0.05, 0.1) is 11.4 Å². The number of hydrogen-bond acceptors (Lipinski definition) is 3. The largest absolute Gasteiger partial charge is 0.393 e. The molecule has 0 bridgehead atoms. The summed E-state index contributed by atoms with van der Waals surface area (Å²) in [4.78, 5) is 0. The number of aliphatic hydroxyl groups is 1. The lowest BCUT2D eigenvalue weighted by Crippen LogP contribution is -2.16. The molecule has 2 N–H and O–H groups in total. The summed E-state index contributed by atoms with van der Waals surface area (Å²) in [6, 6.07) is 0. The first-order chi connectivity index (χ1) is 10.9. The summed E-state index contributed by atoms with van der Waals surface area (Å²) >= 11 is 0. The minimum atomic E-state index is -3.87. The van der Waals surface area contributed by atoms with Crippen molar-refractivity contribution >= 4 is 10.1 Å². The molecule has 140 valence electrons. The highest BCUT2D eigenvalue weighted by atomic mass is 32.2. The Morgan fingerprint density at radius 1 is 0.739 bits per heavy atom. The average Bonchev–Trinajstić information content (AvgIpc) is 2.48. The zero-order chi connectivity index (χ0) is 17.6. The second-order valence-corrected chi connectivity index (χ2v) is 8.72. The lowest BCUT2D eigenvalue weighted by molar-refractivity contribution is 0.147. The van der Waals surface area contributed by atoms with E-state index in [4.69, 9.17) is 4.55 Å². The Kier molecular flexibility index (Phi) is 14.2. The summed E-state index contributed by atoms with van der Waals surface area (Å²) in [6.07, 6.45) is 14.8. The molecule has 5 heteroatoms. The average molecular weight is 351 g/mol. The first-order valence-corrected chi connectivity index (χ1v) is 11.0. The lowest BCUT2D eigenvalue weighted by atomic mass is 10.0. The molecule has 0 saturated heterocycles. The van der Waals surface area contributed by atoms with Gasteiger partial charge in [-0.2, -0.15) is 8.42 Å². The predicted molar refractivity (Wildman–Crippen MR) is 97.3 cm³/mol. The lowest BCUT2D eigenvalue weighted by Gasteiger charge is -2.11. The van der Waals surface area contributed by atoms with Crippen molar-refractivity contribution in [3.05, 3.63) is 0 Å². The van der Waals surface area contributed by atoms with Gasteiger partial charge in [-0.3, -0.25) is 4.55 Å². The number of rotatable bonds is 16. The maximum absolute atomic E-state index is 10.9. The quantitative estimate of drug-likeness (QED) is 0.300. The Bertz CT molecular complexity index is 354. The van der Waals surface area contributed by atoms with Gasteiger partial charge in [-0.05, 0) is 26.2 Å². The topological polar surface area (TPSA) is 74.6 Å². The van der Waals surface area contributed by atoms with E-state index >= 15 is 0 Å². The fourth-order valence-electron chi connectivity index (χ4n) is 2.80. The molecule has 0 heterocycles. The van der Waals surface area contributed by atoms with Gasteiger partial charge < -0.3 is 5.11 Å². The first-order valence-electron chi connectivity index (χ1n) is 9.52. The molecule has 0 aromatic heterocycles. The SMILES string of the molecule is CCCCCCCCCC(O)CCCCCCC(C)S(=O)(=O)O. The van der Waals surface area contributed by atoms with Crippen molar-refractivity contribution in [2.45, 2.75) is 115 Å². The molecule has 0 rings (SSSR count). The summed E-state index contributed by atoms with van der Waals surface area (Å²) in [6.45, 7) is 3.77. The van der Waals surface area contributed by atoms with Crippen LogP contribution in [0.5, 0.6) is 0 Å². The van der Waals surface area contributed by atoms with Crippen LogP contribution in [0.4, 0.5) is 0 Å². The van der Waals surface area contributed by atoms with Crippen molar-refractivity contribution in [3.8, 4) is 0 Å². The van der Waals surface area contributed by atoms with Crippen molar-refractivity contribution in [2.24, 2.45) is 0 Å². The molecular formula is C18H38O4S. The van der Waals surface area contributed by atoms with E-state index in [1.807, 2.05) is 0 Å². The van der Waals surface area contributed by atoms with Gasteiger partial charge in [-0.1, -0.05) is 77.6 Å². The molecule has 0 aliphatic carbocycles. The molecule has 0 aromatic carbocycles. The Labute approximate surface area is 143 Å². The monoisotopic (exact) mass is 350 g/mol. The van der Waals surface area contributed by atoms with Gasteiger partial charge in [0.25, 0.3) is 10.1 Å². The molecule has 0 amide bonds. The van der Waals surface area contributed by atoms with Crippen LogP contribution in [0, 0.1) is 0 Å². The minimum absolute atomic E-state index is 0.178. The summed E-state index contributed by atoms with van der Waals surface area (Å²) in [5.41, 5.74) is 0. The highest BCUT2D eigenvalue weighted by Crippen LogP contribution is 2.15. The molecule has 2 atom stereocenters. The van der Waals surface area contributed by atoms with Crippen molar-refractivity contribution < 1.29 is 18.1 Å². The number of hydrogen-bond donors (Lipinski definition) is 2. The van der Waals surface area contributed by atoms with Gasteiger partial charge in [0.2, 0.25) is 0 Å². The standard InChI is InChI=1S/C18H38O4S/c1-3-4-5-6-7-8-12-15-18(19)16-13-10-9-11-14-17(2)23(20,21)22/h17-19H,3-16H2,1-2H3,(H,20,21,22). The van der Waals surface area contributed by atoms with Crippen LogP contribution < -0.4 is 0 Å². The molecule has 0 aromatic rings. The van der Waals surface area contributed by atoms with Gasteiger partial charge in [0.1, 0.15) is 0 Å². The van der Waals surface area contributed by atoms with Crippen molar-refractivity contribution in [2.75, 3.05) is 0 Å². The molecule has 0 aliphatic rings. The Morgan fingerprint density at radius 2 is 1.13 bits per heavy atom. The van der Waals surface area contributed by atoms with Crippen LogP contribution in [-0.4, -0.2) is 29.4 Å². The molecule has 0 fully saturated rings. The molecule has 4 nitrogen and oxygen atoms in total. The van der Waals surface area contributed by atoms with E-state index in [-0.39, 0.29) is 6.10 Å². The highest BCUT2D eigenvalue weighted by molar-refractivity contribution is 7.86. The molecule has 0 radical (unpaired) electrons. The van der Waals surface area contributed by atoms with E-state index in [0.29, 0.717) is 6.42 Å². The molecule has 0 spiro atoms. The Hall–Kier alpha value is -0.130. The van der Waals surface area contributed by atoms with E-state index in [0.717, 1.165) is 44.9 Å². The van der Waals surface area contributed by atoms with Crippen LogP contribution in [-0.2, 0) is 10.1 Å². The van der Waals surface area contributed by atoms with Gasteiger partial charge >= 0.3 is 0 Å². The summed E-state index contributed by atoms with van der Waals surface area (Å²) < 4.78 is 30.6. The summed E-state index contributed by atoms with van der Waals surface area (Å²) in [7, 11) is -3.87. The fraction of sp³-hybridized carbons (Fsp3) is 1.00. The Morgan fingerprint density at radius 3 is 1.57 bits per heavy atom. The zero-order valence-corrected chi connectivity index (χ0v) is 16.0. The van der Waals surface area contributed by atoms with Gasteiger partial charge in [-0.25, -0.2) is 0 Å².